The molecule has 8 bridgehead atoms. The second kappa shape index (κ2) is 3.73. The van der Waals surface area contributed by atoms with Gasteiger partial charge in [-0.3, -0.25) is 0 Å². The average Bonchev–Trinajstić information content (AvgIpc) is 2.33. The van der Waals surface area contributed by atoms with Gasteiger partial charge in [0.25, 0.3) is 0 Å². The van der Waals surface area contributed by atoms with Crippen LogP contribution in [0, 0.1) is 47.3 Å². The van der Waals surface area contributed by atoms with Gasteiger partial charge in [-0.15, -0.1) is 0 Å². The van der Waals surface area contributed by atoms with Gasteiger partial charge >= 0.3 is 0 Å². The van der Waals surface area contributed by atoms with Crippen LogP contribution in [0.3, 0.4) is 0 Å². The lowest BCUT2D eigenvalue weighted by molar-refractivity contribution is -0.247. The lowest BCUT2D eigenvalue weighted by Gasteiger charge is -2.69. The first-order valence-corrected chi connectivity index (χ1v) is 8.05. The second-order valence-electron chi connectivity index (χ2n) is 7.77. The highest BCUT2D eigenvalue weighted by atomic mass is 16.8. The maximum absolute atomic E-state index is 4.50. The Hall–Kier alpha value is -0.0800. The second-order valence-corrected chi connectivity index (χ2v) is 7.77. The molecule has 1 heterocycles. The van der Waals surface area contributed by atoms with Crippen molar-refractivity contribution < 1.29 is 9.47 Å². The first kappa shape index (κ1) is 10.7. The van der Waals surface area contributed by atoms with E-state index in [4.69, 9.17) is 0 Å². The average molecular weight is 248 g/mol. The third-order valence-electron chi connectivity index (χ3n) is 7.27. The largest absolute Gasteiger partial charge is 0.329 e. The molecule has 18 heavy (non-hydrogen) atoms. The van der Waals surface area contributed by atoms with Crippen molar-refractivity contribution in [2.24, 2.45) is 47.3 Å². The maximum Gasteiger partial charge on any atom is 0.152 e. The van der Waals surface area contributed by atoms with Crippen LogP contribution in [0.4, 0.5) is 0 Å². The molecule has 1 saturated heterocycles. The molecule has 8 rings (SSSR count). The first-order valence-electron chi connectivity index (χ1n) is 8.05. The summed E-state index contributed by atoms with van der Waals surface area (Å²) in [6, 6.07) is 0. The molecule has 0 N–H and O–H groups in total. The van der Waals surface area contributed by atoms with Crippen LogP contribution in [-0.2, 0) is 9.47 Å². The fraction of sp³-hybridized carbons (Fsp3) is 1.00. The molecule has 7 aliphatic carbocycles. The molecule has 0 aromatic rings. The van der Waals surface area contributed by atoms with Crippen molar-refractivity contribution in [1.29, 1.82) is 0 Å². The molecule has 1 aliphatic heterocycles. The molecule has 0 unspecified atom stereocenters. The van der Waals surface area contributed by atoms with Crippen LogP contribution in [0.15, 0.2) is 0 Å². The number of hydrogen-bond acceptors (Lipinski definition) is 2. The highest BCUT2D eigenvalue weighted by Crippen LogP contribution is 2.71. The van der Waals surface area contributed by atoms with Crippen LogP contribution in [0.5, 0.6) is 0 Å². The van der Waals surface area contributed by atoms with Crippen LogP contribution in [-0.4, -0.2) is 13.6 Å². The van der Waals surface area contributed by atoms with Crippen molar-refractivity contribution >= 4 is 0 Å². The van der Waals surface area contributed by atoms with Gasteiger partial charge in [0.15, 0.2) is 13.6 Å². The van der Waals surface area contributed by atoms with Gasteiger partial charge in [-0.25, -0.2) is 0 Å². The minimum atomic E-state index is 0.500. The molecule has 8 aliphatic rings. The van der Waals surface area contributed by atoms with E-state index in [-0.39, 0.29) is 0 Å². The van der Waals surface area contributed by atoms with E-state index in [0.717, 1.165) is 0 Å². The zero-order valence-electron chi connectivity index (χ0n) is 11.1. The summed E-state index contributed by atoms with van der Waals surface area (Å²) in [5, 5.41) is 0. The van der Waals surface area contributed by atoms with E-state index in [2.05, 4.69) is 9.47 Å². The topological polar surface area (TPSA) is 18.5 Å². The van der Waals surface area contributed by atoms with E-state index >= 15 is 0 Å². The van der Waals surface area contributed by atoms with E-state index in [0.29, 0.717) is 13.6 Å². The lowest BCUT2D eigenvalue weighted by atomic mass is 9.36. The van der Waals surface area contributed by atoms with Crippen LogP contribution >= 0.6 is 0 Å². The normalized spacial score (nSPS) is 61.3. The Bertz CT molecular complexity index is 257. The van der Waals surface area contributed by atoms with Crippen molar-refractivity contribution in [3.63, 3.8) is 0 Å². The molecule has 0 amide bonds. The molecule has 0 aromatic carbocycles. The molecule has 2 nitrogen and oxygen atoms in total. The van der Waals surface area contributed by atoms with Crippen LogP contribution in [0.2, 0.25) is 0 Å². The fourth-order valence-corrected chi connectivity index (χ4v) is 6.97. The first-order chi connectivity index (χ1) is 8.90. The van der Waals surface area contributed by atoms with Crippen molar-refractivity contribution in [1.82, 2.24) is 0 Å². The third-order valence-corrected chi connectivity index (χ3v) is 7.27. The number of ether oxygens (including phenoxy) is 2. The van der Waals surface area contributed by atoms with Crippen molar-refractivity contribution in [3.8, 4) is 0 Å². The van der Waals surface area contributed by atoms with Gasteiger partial charge in [0, 0.05) is 0 Å². The SMILES string of the molecule is C1C2CC3C4CC5CC(C14)C(C2)C3C5.C1OCO1. The predicted octanol–water partition coefficient (Wildman–Crippen LogP) is 3.27. The fourth-order valence-electron chi connectivity index (χ4n) is 6.97. The summed E-state index contributed by atoms with van der Waals surface area (Å²) in [5.41, 5.74) is 0. The molecule has 2 heteroatoms. The summed E-state index contributed by atoms with van der Waals surface area (Å²) in [6.45, 7) is 1.00. The minimum absolute atomic E-state index is 0.500. The Balaban J connectivity index is 0.000000175. The van der Waals surface area contributed by atoms with E-state index in [1.165, 1.54) is 47.3 Å². The van der Waals surface area contributed by atoms with Crippen LogP contribution in [0.1, 0.15) is 38.5 Å². The molecule has 0 aromatic heterocycles. The van der Waals surface area contributed by atoms with E-state index < -0.39 is 0 Å². The van der Waals surface area contributed by atoms with Gasteiger partial charge in [0.2, 0.25) is 0 Å². The van der Waals surface area contributed by atoms with E-state index in [9.17, 15) is 0 Å². The molecule has 100 valence electrons. The smallest absolute Gasteiger partial charge is 0.152 e. The summed E-state index contributed by atoms with van der Waals surface area (Å²) in [5.74, 6) is 9.74. The lowest BCUT2D eigenvalue weighted by Crippen LogP contribution is -2.62. The highest BCUT2D eigenvalue weighted by Gasteiger charge is 2.63. The molecule has 0 atom stereocenters. The van der Waals surface area contributed by atoms with Crippen molar-refractivity contribution in [2.45, 2.75) is 38.5 Å². The highest BCUT2D eigenvalue weighted by molar-refractivity contribution is 5.12. The summed E-state index contributed by atoms with van der Waals surface area (Å²) in [6.07, 6.45) is 9.93. The van der Waals surface area contributed by atoms with Gasteiger partial charge in [0.05, 0.1) is 0 Å². The van der Waals surface area contributed by atoms with Gasteiger partial charge in [-0.05, 0) is 85.9 Å². The van der Waals surface area contributed by atoms with Crippen molar-refractivity contribution in [3.05, 3.63) is 0 Å². The quantitative estimate of drug-likeness (QED) is 0.655. The van der Waals surface area contributed by atoms with Gasteiger partial charge in [-0.1, -0.05) is 0 Å². The van der Waals surface area contributed by atoms with Crippen LogP contribution in [0.25, 0.3) is 0 Å². The Morgan fingerprint density at radius 3 is 0.833 bits per heavy atom. The molecule has 0 radical (unpaired) electrons. The van der Waals surface area contributed by atoms with Crippen molar-refractivity contribution in [2.75, 3.05) is 13.6 Å². The van der Waals surface area contributed by atoms with Gasteiger partial charge in [0.1, 0.15) is 0 Å². The van der Waals surface area contributed by atoms with Crippen LogP contribution < -0.4 is 0 Å². The summed E-state index contributed by atoms with van der Waals surface area (Å²) in [4.78, 5) is 0. The van der Waals surface area contributed by atoms with E-state index in [1.54, 1.807) is 38.5 Å². The Labute approximate surface area is 109 Å². The standard InChI is InChI=1S/C14H20.C2H4O2/c1-7-2-12-10-4-8-5-11(9(1)10)13(3-7)14(12)6-8;1-3-2-4-1/h7-14H,1-6H2;1-2H2. The number of hydrogen-bond donors (Lipinski definition) is 0. The maximum atomic E-state index is 4.50. The Morgan fingerprint density at radius 1 is 0.444 bits per heavy atom. The molecular weight excluding hydrogens is 224 g/mol. The zero-order chi connectivity index (χ0) is 11.7. The number of rotatable bonds is 0. The van der Waals surface area contributed by atoms with E-state index in [1.807, 2.05) is 0 Å². The summed E-state index contributed by atoms with van der Waals surface area (Å²) >= 11 is 0. The predicted molar refractivity (Wildman–Crippen MR) is 67.5 cm³/mol. The molecule has 8 fully saturated rings. The molecule has 7 saturated carbocycles. The molecule has 0 spiro atoms. The third kappa shape index (κ3) is 1.31. The molecular formula is C16H24O2. The monoisotopic (exact) mass is 248 g/mol. The zero-order valence-corrected chi connectivity index (χ0v) is 11.1. The van der Waals surface area contributed by atoms with Gasteiger partial charge < -0.3 is 9.47 Å². The summed E-state index contributed by atoms with van der Waals surface area (Å²) in [7, 11) is 0. The minimum Gasteiger partial charge on any atom is -0.329 e. The Kier molecular flexibility index (Phi) is 2.21. The summed E-state index contributed by atoms with van der Waals surface area (Å²) < 4.78 is 9.00. The Morgan fingerprint density at radius 2 is 0.667 bits per heavy atom. The van der Waals surface area contributed by atoms with Gasteiger partial charge in [-0.2, -0.15) is 0 Å².